The van der Waals surface area contributed by atoms with Crippen LogP contribution in [0.15, 0.2) is 18.2 Å². The normalized spacial score (nSPS) is 10.1. The van der Waals surface area contributed by atoms with Gasteiger partial charge in [-0.05, 0) is 37.5 Å². The quantitative estimate of drug-likeness (QED) is 0.647. The Morgan fingerprint density at radius 1 is 1.39 bits per heavy atom. The number of hydrogen-bond donors (Lipinski definition) is 1. The predicted molar refractivity (Wildman–Crippen MR) is 71.5 cm³/mol. The van der Waals surface area contributed by atoms with Crippen molar-refractivity contribution in [1.82, 2.24) is 0 Å². The highest BCUT2D eigenvalue weighted by molar-refractivity contribution is 9.09. The van der Waals surface area contributed by atoms with Gasteiger partial charge in [-0.2, -0.15) is 0 Å². The number of aryl methyl sites for hydroxylation is 1. The van der Waals surface area contributed by atoms with E-state index in [9.17, 15) is 9.59 Å². The fourth-order valence-electron chi connectivity index (χ4n) is 1.58. The molecule has 0 aliphatic rings. The number of carboxylic acid groups (broad SMARTS) is 1. The molecule has 1 N–H and O–H groups in total. The summed E-state index contributed by atoms with van der Waals surface area (Å²) in [4.78, 5) is 22.7. The molecular weight excluding hydrogens is 300 g/mol. The summed E-state index contributed by atoms with van der Waals surface area (Å²) in [5.74, 6) is -1.52. The van der Waals surface area contributed by atoms with Crippen molar-refractivity contribution in [1.29, 1.82) is 0 Å². The second-order valence-corrected chi connectivity index (χ2v) is 4.48. The van der Waals surface area contributed by atoms with Crippen molar-refractivity contribution in [3.63, 3.8) is 0 Å². The van der Waals surface area contributed by atoms with E-state index in [1.165, 1.54) is 12.1 Å². The number of alkyl halides is 1. The van der Waals surface area contributed by atoms with Crippen molar-refractivity contribution >= 4 is 27.9 Å². The monoisotopic (exact) mass is 314 g/mol. The fraction of sp³-hybridized carbons (Fsp3) is 0.385. The van der Waals surface area contributed by atoms with Crippen molar-refractivity contribution in [2.45, 2.75) is 19.8 Å². The summed E-state index contributed by atoms with van der Waals surface area (Å²) in [6.45, 7) is 1.99. The smallest absolute Gasteiger partial charge is 0.338 e. The first-order valence-corrected chi connectivity index (χ1v) is 6.81. The largest absolute Gasteiger partial charge is 0.478 e. The number of esters is 1. The lowest BCUT2D eigenvalue weighted by Gasteiger charge is -2.09. The minimum Gasteiger partial charge on any atom is -0.478 e. The van der Waals surface area contributed by atoms with Crippen molar-refractivity contribution in [2.75, 3.05) is 11.9 Å². The molecule has 0 atom stereocenters. The number of halogens is 1. The first kappa shape index (κ1) is 14.7. The molecule has 0 unspecified atom stereocenters. The maximum Gasteiger partial charge on any atom is 0.338 e. The molecule has 98 valence electrons. The summed E-state index contributed by atoms with van der Waals surface area (Å²) in [6, 6.07) is 4.57. The van der Waals surface area contributed by atoms with E-state index in [2.05, 4.69) is 15.9 Å². The zero-order valence-electron chi connectivity index (χ0n) is 10.1. The van der Waals surface area contributed by atoms with Crippen molar-refractivity contribution in [3.05, 3.63) is 34.9 Å². The molecule has 0 aliphatic carbocycles. The Morgan fingerprint density at radius 3 is 2.67 bits per heavy atom. The van der Waals surface area contributed by atoms with E-state index in [0.29, 0.717) is 12.0 Å². The van der Waals surface area contributed by atoms with Crippen LogP contribution in [0.4, 0.5) is 0 Å². The van der Waals surface area contributed by atoms with E-state index in [4.69, 9.17) is 9.84 Å². The highest BCUT2D eigenvalue weighted by atomic mass is 79.9. The Balaban J connectivity index is 3.09. The molecule has 0 aromatic heterocycles. The highest BCUT2D eigenvalue weighted by Crippen LogP contribution is 2.16. The Hall–Kier alpha value is -1.36. The van der Waals surface area contributed by atoms with E-state index in [1.54, 1.807) is 13.0 Å². The molecule has 18 heavy (non-hydrogen) atoms. The topological polar surface area (TPSA) is 63.6 Å². The van der Waals surface area contributed by atoms with Crippen molar-refractivity contribution < 1.29 is 19.4 Å². The third-order valence-corrected chi connectivity index (χ3v) is 2.99. The number of aromatic carboxylic acids is 1. The number of benzene rings is 1. The summed E-state index contributed by atoms with van der Waals surface area (Å²) in [5, 5.41) is 9.76. The Morgan fingerprint density at radius 2 is 2.11 bits per heavy atom. The van der Waals surface area contributed by atoms with Crippen LogP contribution in [-0.4, -0.2) is 29.0 Å². The summed E-state index contributed by atoms with van der Waals surface area (Å²) in [7, 11) is 0. The van der Waals surface area contributed by atoms with Crippen LogP contribution in [0.2, 0.25) is 0 Å². The number of carboxylic acids is 1. The minimum absolute atomic E-state index is 0.0978. The standard InChI is InChI=1S/C13H15BrO4/c1-2-18-13(17)11-8-10(12(15)16)6-5-9(11)4-3-7-14/h5-6,8H,2-4,7H2,1H3,(H,15,16). The number of carbonyl (C=O) groups is 2. The predicted octanol–water partition coefficient (Wildman–Crippen LogP) is 2.89. The SMILES string of the molecule is CCOC(=O)c1cc(C(=O)O)ccc1CCCBr. The molecule has 0 spiro atoms. The average molecular weight is 315 g/mol. The molecule has 1 rings (SSSR count). The van der Waals surface area contributed by atoms with Gasteiger partial charge in [0.25, 0.3) is 0 Å². The van der Waals surface area contributed by atoms with E-state index in [0.717, 1.165) is 17.3 Å². The maximum absolute atomic E-state index is 11.8. The van der Waals surface area contributed by atoms with Crippen LogP contribution in [0.3, 0.4) is 0 Å². The third kappa shape index (κ3) is 3.84. The van der Waals surface area contributed by atoms with Gasteiger partial charge in [0, 0.05) is 5.33 Å². The number of carbonyl (C=O) groups excluding carboxylic acids is 1. The first-order valence-electron chi connectivity index (χ1n) is 5.69. The van der Waals surface area contributed by atoms with E-state index >= 15 is 0 Å². The Labute approximate surface area is 114 Å². The summed E-state index contributed by atoms with van der Waals surface area (Å²) < 4.78 is 4.94. The molecule has 0 radical (unpaired) electrons. The molecule has 0 bridgehead atoms. The molecule has 4 nitrogen and oxygen atoms in total. The molecule has 0 saturated carbocycles. The molecule has 0 aliphatic heterocycles. The Bertz CT molecular complexity index is 443. The van der Waals surface area contributed by atoms with Gasteiger partial charge in [-0.25, -0.2) is 9.59 Å². The van der Waals surface area contributed by atoms with E-state index in [1.807, 2.05) is 0 Å². The van der Waals surface area contributed by atoms with Crippen LogP contribution in [0.1, 0.15) is 39.6 Å². The summed E-state index contributed by atoms with van der Waals surface area (Å²) >= 11 is 3.33. The number of ether oxygens (including phenoxy) is 1. The molecule has 1 aromatic rings. The van der Waals surface area contributed by atoms with Crippen molar-refractivity contribution in [3.8, 4) is 0 Å². The van der Waals surface area contributed by atoms with Crippen LogP contribution in [0, 0.1) is 0 Å². The molecule has 1 aromatic carbocycles. The molecular formula is C13H15BrO4. The maximum atomic E-state index is 11.8. The van der Waals surface area contributed by atoms with Gasteiger partial charge in [-0.3, -0.25) is 0 Å². The summed E-state index contributed by atoms with van der Waals surface area (Å²) in [5.41, 5.74) is 1.26. The van der Waals surface area contributed by atoms with Gasteiger partial charge in [0.2, 0.25) is 0 Å². The second kappa shape index (κ2) is 7.16. The van der Waals surface area contributed by atoms with E-state index < -0.39 is 11.9 Å². The average Bonchev–Trinajstić information content (AvgIpc) is 2.36. The van der Waals surface area contributed by atoms with Gasteiger partial charge in [0.1, 0.15) is 0 Å². The zero-order valence-corrected chi connectivity index (χ0v) is 11.7. The van der Waals surface area contributed by atoms with Gasteiger partial charge in [-0.15, -0.1) is 0 Å². The van der Waals surface area contributed by atoms with Crippen LogP contribution < -0.4 is 0 Å². The van der Waals surface area contributed by atoms with Gasteiger partial charge < -0.3 is 9.84 Å². The molecule has 5 heteroatoms. The third-order valence-electron chi connectivity index (χ3n) is 2.43. The highest BCUT2D eigenvalue weighted by Gasteiger charge is 2.15. The fourth-order valence-corrected chi connectivity index (χ4v) is 1.86. The first-order chi connectivity index (χ1) is 8.60. The van der Waals surface area contributed by atoms with Gasteiger partial charge in [0.05, 0.1) is 17.7 Å². The van der Waals surface area contributed by atoms with Gasteiger partial charge in [-0.1, -0.05) is 22.0 Å². The van der Waals surface area contributed by atoms with Gasteiger partial charge in [0.15, 0.2) is 0 Å². The zero-order chi connectivity index (χ0) is 13.5. The van der Waals surface area contributed by atoms with E-state index in [-0.39, 0.29) is 12.2 Å². The molecule has 0 fully saturated rings. The second-order valence-electron chi connectivity index (χ2n) is 3.69. The van der Waals surface area contributed by atoms with Crippen LogP contribution in [0.25, 0.3) is 0 Å². The summed E-state index contributed by atoms with van der Waals surface area (Å²) in [6.07, 6.45) is 1.58. The number of rotatable bonds is 6. The lowest BCUT2D eigenvalue weighted by Crippen LogP contribution is -2.10. The lowest BCUT2D eigenvalue weighted by atomic mass is 10.0. The van der Waals surface area contributed by atoms with Gasteiger partial charge >= 0.3 is 11.9 Å². The number of hydrogen-bond acceptors (Lipinski definition) is 3. The molecule has 0 heterocycles. The van der Waals surface area contributed by atoms with Crippen LogP contribution in [-0.2, 0) is 11.2 Å². The molecule has 0 saturated heterocycles. The Kier molecular flexibility index (Phi) is 5.85. The van der Waals surface area contributed by atoms with Crippen molar-refractivity contribution in [2.24, 2.45) is 0 Å². The lowest BCUT2D eigenvalue weighted by molar-refractivity contribution is 0.0525. The minimum atomic E-state index is -1.05. The molecule has 0 amide bonds. The van der Waals surface area contributed by atoms with Crippen LogP contribution in [0.5, 0.6) is 0 Å². The van der Waals surface area contributed by atoms with Crippen LogP contribution >= 0.6 is 15.9 Å².